The van der Waals surface area contributed by atoms with Gasteiger partial charge in [0.15, 0.2) is 11.6 Å². The van der Waals surface area contributed by atoms with Crippen molar-refractivity contribution < 1.29 is 18.7 Å². The van der Waals surface area contributed by atoms with Gasteiger partial charge in [0.1, 0.15) is 6.61 Å². The van der Waals surface area contributed by atoms with Crippen molar-refractivity contribution >= 4 is 5.97 Å². The number of carbonyl (C=O) groups is 1. The molecule has 0 radical (unpaired) electrons. The van der Waals surface area contributed by atoms with Gasteiger partial charge in [0.2, 0.25) is 0 Å². The molecule has 122 valence electrons. The quantitative estimate of drug-likeness (QED) is 0.574. The van der Waals surface area contributed by atoms with Crippen molar-refractivity contribution in [2.24, 2.45) is 5.41 Å². The van der Waals surface area contributed by atoms with E-state index in [2.05, 4.69) is 0 Å². The lowest BCUT2D eigenvalue weighted by atomic mass is 9.76. The summed E-state index contributed by atoms with van der Waals surface area (Å²) in [6, 6.07) is 4.64. The summed E-state index contributed by atoms with van der Waals surface area (Å²) in [4.78, 5) is 12.4. The fourth-order valence-corrected chi connectivity index (χ4v) is 2.27. The van der Waals surface area contributed by atoms with E-state index in [-0.39, 0.29) is 23.7 Å². The maximum Gasteiger partial charge on any atom is 0.314 e. The molecule has 1 unspecified atom stereocenters. The SMILES string of the molecule is C/C=C/COC(=O)C(c1ccc(OCC)c(F)c1)C(C)(C)C. The average Bonchev–Trinajstić information content (AvgIpc) is 2.41. The molecule has 3 nitrogen and oxygen atoms in total. The molecule has 0 saturated carbocycles. The molecule has 0 bridgehead atoms. The van der Waals surface area contributed by atoms with Gasteiger partial charge in [0.25, 0.3) is 0 Å². The first kappa shape index (κ1) is 18.2. The van der Waals surface area contributed by atoms with Gasteiger partial charge in [0, 0.05) is 0 Å². The molecule has 22 heavy (non-hydrogen) atoms. The van der Waals surface area contributed by atoms with Gasteiger partial charge < -0.3 is 9.47 Å². The number of hydrogen-bond donors (Lipinski definition) is 0. The third-order valence-electron chi connectivity index (χ3n) is 3.25. The van der Waals surface area contributed by atoms with Gasteiger partial charge in [-0.1, -0.05) is 39.0 Å². The van der Waals surface area contributed by atoms with E-state index in [1.165, 1.54) is 6.07 Å². The Labute approximate surface area is 132 Å². The van der Waals surface area contributed by atoms with Crippen LogP contribution in [0.1, 0.15) is 46.1 Å². The van der Waals surface area contributed by atoms with E-state index in [9.17, 15) is 9.18 Å². The summed E-state index contributed by atoms with van der Waals surface area (Å²) in [5, 5.41) is 0. The minimum absolute atomic E-state index is 0.196. The Morgan fingerprint density at radius 1 is 1.36 bits per heavy atom. The van der Waals surface area contributed by atoms with Crippen LogP contribution in [0.25, 0.3) is 0 Å². The molecular formula is C18H25FO3. The maximum atomic E-state index is 14.1. The van der Waals surface area contributed by atoms with E-state index < -0.39 is 11.7 Å². The van der Waals surface area contributed by atoms with Crippen LogP contribution in [0, 0.1) is 11.2 Å². The van der Waals surface area contributed by atoms with Crippen molar-refractivity contribution in [3.63, 3.8) is 0 Å². The number of rotatable bonds is 6. The zero-order valence-corrected chi connectivity index (χ0v) is 14.0. The molecule has 0 fully saturated rings. The van der Waals surface area contributed by atoms with Crippen molar-refractivity contribution in [2.45, 2.75) is 40.5 Å². The fraction of sp³-hybridized carbons (Fsp3) is 0.500. The van der Waals surface area contributed by atoms with Crippen LogP contribution in [-0.2, 0) is 9.53 Å². The summed E-state index contributed by atoms with van der Waals surface area (Å²) in [7, 11) is 0. The zero-order chi connectivity index (χ0) is 16.8. The summed E-state index contributed by atoms with van der Waals surface area (Å²) in [5.74, 6) is -1.16. The Bertz CT molecular complexity index is 530. The van der Waals surface area contributed by atoms with E-state index in [1.807, 2.05) is 33.8 Å². The molecule has 4 heteroatoms. The Balaban J connectivity index is 3.07. The van der Waals surface area contributed by atoms with E-state index in [0.717, 1.165) is 0 Å². The Hall–Kier alpha value is -1.84. The lowest BCUT2D eigenvalue weighted by Crippen LogP contribution is -2.28. The molecule has 0 aliphatic rings. The summed E-state index contributed by atoms with van der Waals surface area (Å²) in [6.07, 6.45) is 3.58. The minimum atomic E-state index is -0.539. The minimum Gasteiger partial charge on any atom is -0.491 e. The third kappa shape index (κ3) is 4.86. The predicted octanol–water partition coefficient (Wildman–Crippen LogP) is 4.47. The van der Waals surface area contributed by atoms with Crippen LogP contribution in [0.2, 0.25) is 0 Å². The van der Waals surface area contributed by atoms with Crippen molar-refractivity contribution in [3.05, 3.63) is 41.7 Å². The standard InChI is InChI=1S/C18H25FO3/c1-6-8-11-22-17(20)16(18(3,4)5)13-9-10-15(21-7-2)14(19)12-13/h6,8-10,12,16H,7,11H2,1-5H3/b8-6+. The highest BCUT2D eigenvalue weighted by Crippen LogP contribution is 2.37. The molecule has 0 heterocycles. The van der Waals surface area contributed by atoms with E-state index in [4.69, 9.17) is 9.47 Å². The molecule has 1 aromatic rings. The normalized spacial score (nSPS) is 13.2. The van der Waals surface area contributed by atoms with E-state index >= 15 is 0 Å². The number of benzene rings is 1. The third-order valence-corrected chi connectivity index (χ3v) is 3.25. The highest BCUT2D eigenvalue weighted by Gasteiger charge is 2.34. The second-order valence-corrected chi connectivity index (χ2v) is 6.12. The maximum absolute atomic E-state index is 14.1. The average molecular weight is 308 g/mol. The number of hydrogen-bond acceptors (Lipinski definition) is 3. The van der Waals surface area contributed by atoms with Crippen molar-refractivity contribution in [1.29, 1.82) is 0 Å². The molecule has 0 spiro atoms. The van der Waals surface area contributed by atoms with Gasteiger partial charge in [-0.05, 0) is 37.0 Å². The molecule has 0 aliphatic carbocycles. The molecule has 1 atom stereocenters. The second kappa shape index (κ2) is 7.97. The van der Waals surface area contributed by atoms with Crippen LogP contribution >= 0.6 is 0 Å². The summed E-state index contributed by atoms with van der Waals surface area (Å²) in [6.45, 7) is 10.1. The van der Waals surface area contributed by atoms with Crippen LogP contribution < -0.4 is 4.74 Å². The summed E-state index contributed by atoms with van der Waals surface area (Å²) >= 11 is 0. The number of carbonyl (C=O) groups excluding carboxylic acids is 1. The number of halogens is 1. The van der Waals surface area contributed by atoms with Crippen LogP contribution in [0.3, 0.4) is 0 Å². The molecular weight excluding hydrogens is 283 g/mol. The molecule has 0 N–H and O–H groups in total. The Kier molecular flexibility index (Phi) is 6.60. The number of allylic oxidation sites excluding steroid dienone is 1. The first-order valence-electron chi connectivity index (χ1n) is 7.51. The van der Waals surface area contributed by atoms with Crippen LogP contribution in [-0.4, -0.2) is 19.2 Å². The summed E-state index contributed by atoms with van der Waals surface area (Å²) < 4.78 is 24.5. The Morgan fingerprint density at radius 2 is 2.05 bits per heavy atom. The molecule has 1 rings (SSSR count). The second-order valence-electron chi connectivity index (χ2n) is 6.12. The first-order chi connectivity index (χ1) is 10.3. The van der Waals surface area contributed by atoms with Gasteiger partial charge >= 0.3 is 5.97 Å². The monoisotopic (exact) mass is 308 g/mol. The van der Waals surface area contributed by atoms with Gasteiger partial charge in [-0.2, -0.15) is 0 Å². The Morgan fingerprint density at radius 3 is 2.55 bits per heavy atom. The van der Waals surface area contributed by atoms with Gasteiger partial charge in [-0.25, -0.2) is 4.39 Å². The van der Waals surface area contributed by atoms with Crippen LogP contribution in [0.5, 0.6) is 5.75 Å². The van der Waals surface area contributed by atoms with Gasteiger partial charge in [-0.3, -0.25) is 4.79 Å². The number of ether oxygens (including phenoxy) is 2. The molecule has 0 saturated heterocycles. The predicted molar refractivity (Wildman–Crippen MR) is 85.5 cm³/mol. The molecule has 0 aliphatic heterocycles. The van der Waals surface area contributed by atoms with Crippen LogP contribution in [0.15, 0.2) is 30.4 Å². The lowest BCUT2D eigenvalue weighted by molar-refractivity contribution is -0.146. The fourth-order valence-electron chi connectivity index (χ4n) is 2.27. The van der Waals surface area contributed by atoms with Crippen molar-refractivity contribution in [1.82, 2.24) is 0 Å². The lowest BCUT2D eigenvalue weighted by Gasteiger charge is -2.29. The highest BCUT2D eigenvalue weighted by molar-refractivity contribution is 5.79. The largest absolute Gasteiger partial charge is 0.491 e. The van der Waals surface area contributed by atoms with E-state index in [0.29, 0.717) is 12.2 Å². The van der Waals surface area contributed by atoms with Crippen LogP contribution in [0.4, 0.5) is 4.39 Å². The smallest absolute Gasteiger partial charge is 0.314 e. The zero-order valence-electron chi connectivity index (χ0n) is 14.0. The molecule has 0 amide bonds. The molecule has 1 aromatic carbocycles. The topological polar surface area (TPSA) is 35.5 Å². The van der Waals surface area contributed by atoms with Crippen molar-refractivity contribution in [3.8, 4) is 5.75 Å². The highest BCUT2D eigenvalue weighted by atomic mass is 19.1. The number of esters is 1. The van der Waals surface area contributed by atoms with E-state index in [1.54, 1.807) is 25.1 Å². The van der Waals surface area contributed by atoms with Gasteiger partial charge in [0.05, 0.1) is 12.5 Å². The molecule has 0 aromatic heterocycles. The van der Waals surface area contributed by atoms with Gasteiger partial charge in [-0.15, -0.1) is 0 Å². The first-order valence-corrected chi connectivity index (χ1v) is 7.51. The summed E-state index contributed by atoms with van der Waals surface area (Å²) in [5.41, 5.74) is 0.214. The van der Waals surface area contributed by atoms with Crippen molar-refractivity contribution in [2.75, 3.05) is 13.2 Å².